The monoisotopic (exact) mass is 318 g/mol. The van der Waals surface area contributed by atoms with E-state index in [1.807, 2.05) is 12.1 Å². The van der Waals surface area contributed by atoms with Crippen LogP contribution in [-0.4, -0.2) is 11.1 Å². The molecular formula is C12H15IO2. The highest BCUT2D eigenvalue weighted by Crippen LogP contribution is 2.19. The summed E-state index contributed by atoms with van der Waals surface area (Å²) in [6.45, 7) is 2.17. The van der Waals surface area contributed by atoms with Gasteiger partial charge in [0.05, 0.1) is 5.56 Å². The van der Waals surface area contributed by atoms with Crippen LogP contribution in [0.1, 0.15) is 42.1 Å². The fourth-order valence-corrected chi connectivity index (χ4v) is 2.36. The van der Waals surface area contributed by atoms with E-state index in [1.165, 1.54) is 12.8 Å². The molecule has 0 saturated heterocycles. The van der Waals surface area contributed by atoms with Crippen molar-refractivity contribution in [2.75, 3.05) is 0 Å². The van der Waals surface area contributed by atoms with E-state index in [-0.39, 0.29) is 0 Å². The van der Waals surface area contributed by atoms with E-state index in [0.29, 0.717) is 5.56 Å². The fraction of sp³-hybridized carbons (Fsp3) is 0.417. The van der Waals surface area contributed by atoms with E-state index in [0.717, 1.165) is 22.0 Å². The molecule has 0 aliphatic carbocycles. The van der Waals surface area contributed by atoms with Gasteiger partial charge in [-0.2, -0.15) is 0 Å². The number of aromatic carboxylic acids is 1. The highest BCUT2D eigenvalue weighted by molar-refractivity contribution is 14.1. The number of rotatable bonds is 5. The summed E-state index contributed by atoms with van der Waals surface area (Å²) in [7, 11) is 0. The summed E-state index contributed by atoms with van der Waals surface area (Å²) in [6.07, 6.45) is 4.51. The Morgan fingerprint density at radius 1 is 1.40 bits per heavy atom. The topological polar surface area (TPSA) is 37.3 Å². The van der Waals surface area contributed by atoms with Crippen molar-refractivity contribution in [3.63, 3.8) is 0 Å². The highest BCUT2D eigenvalue weighted by atomic mass is 127. The quantitative estimate of drug-likeness (QED) is 0.663. The Labute approximate surface area is 104 Å². The van der Waals surface area contributed by atoms with Crippen LogP contribution < -0.4 is 0 Å². The van der Waals surface area contributed by atoms with Gasteiger partial charge < -0.3 is 5.11 Å². The fourth-order valence-electron chi connectivity index (χ4n) is 1.50. The van der Waals surface area contributed by atoms with Gasteiger partial charge in [-0.05, 0) is 47.1 Å². The Morgan fingerprint density at radius 3 is 2.73 bits per heavy atom. The summed E-state index contributed by atoms with van der Waals surface area (Å²) in [5, 5.41) is 8.96. The van der Waals surface area contributed by atoms with E-state index in [4.69, 9.17) is 5.11 Å². The second-order valence-corrected chi connectivity index (χ2v) is 4.62. The summed E-state index contributed by atoms with van der Waals surface area (Å²) >= 11 is 2.13. The van der Waals surface area contributed by atoms with Crippen molar-refractivity contribution in [2.24, 2.45) is 0 Å². The number of benzene rings is 1. The van der Waals surface area contributed by atoms with Crippen molar-refractivity contribution in [3.05, 3.63) is 32.9 Å². The molecule has 0 heterocycles. The van der Waals surface area contributed by atoms with Gasteiger partial charge in [-0.3, -0.25) is 0 Å². The van der Waals surface area contributed by atoms with Gasteiger partial charge in [-0.15, -0.1) is 0 Å². The van der Waals surface area contributed by atoms with Crippen LogP contribution in [0.2, 0.25) is 0 Å². The Bertz CT molecular complexity index is 347. The van der Waals surface area contributed by atoms with Gasteiger partial charge in [0.2, 0.25) is 0 Å². The van der Waals surface area contributed by atoms with Crippen LogP contribution in [0.3, 0.4) is 0 Å². The molecule has 1 aromatic rings. The normalized spacial score (nSPS) is 10.3. The summed E-state index contributed by atoms with van der Waals surface area (Å²) in [4.78, 5) is 10.9. The SMILES string of the molecule is CCCCCc1cccc(C(=O)O)c1I. The molecular weight excluding hydrogens is 303 g/mol. The highest BCUT2D eigenvalue weighted by Gasteiger charge is 2.10. The van der Waals surface area contributed by atoms with Gasteiger partial charge in [-0.25, -0.2) is 4.79 Å². The zero-order chi connectivity index (χ0) is 11.3. The lowest BCUT2D eigenvalue weighted by atomic mass is 10.0. The second kappa shape index (κ2) is 6.10. The molecule has 0 bridgehead atoms. The molecule has 0 fully saturated rings. The zero-order valence-electron chi connectivity index (χ0n) is 8.79. The van der Waals surface area contributed by atoms with E-state index >= 15 is 0 Å². The third kappa shape index (κ3) is 3.48. The summed E-state index contributed by atoms with van der Waals surface area (Å²) in [5.41, 5.74) is 1.58. The predicted octanol–water partition coefficient (Wildman–Crippen LogP) is 3.72. The third-order valence-electron chi connectivity index (χ3n) is 2.36. The molecule has 0 aliphatic heterocycles. The van der Waals surface area contributed by atoms with Crippen molar-refractivity contribution in [2.45, 2.75) is 32.6 Å². The number of aryl methyl sites for hydroxylation is 1. The summed E-state index contributed by atoms with van der Waals surface area (Å²) in [5.74, 6) is -0.836. The largest absolute Gasteiger partial charge is 0.478 e. The molecule has 0 saturated carbocycles. The molecule has 2 nitrogen and oxygen atoms in total. The maximum absolute atomic E-state index is 10.9. The van der Waals surface area contributed by atoms with Gasteiger partial charge in [0, 0.05) is 3.57 Å². The minimum Gasteiger partial charge on any atom is -0.478 e. The lowest BCUT2D eigenvalue weighted by Gasteiger charge is -2.06. The molecule has 1 N–H and O–H groups in total. The van der Waals surface area contributed by atoms with Crippen molar-refractivity contribution in [1.29, 1.82) is 0 Å². The van der Waals surface area contributed by atoms with Gasteiger partial charge in [0.25, 0.3) is 0 Å². The number of unbranched alkanes of at least 4 members (excludes halogenated alkanes) is 2. The summed E-state index contributed by atoms with van der Waals surface area (Å²) in [6, 6.07) is 5.50. The standard InChI is InChI=1S/C12H15IO2/c1-2-3-4-6-9-7-5-8-10(11(9)13)12(14)15/h5,7-8H,2-4,6H2,1H3,(H,14,15). The third-order valence-corrected chi connectivity index (χ3v) is 3.63. The maximum atomic E-state index is 10.9. The molecule has 3 heteroatoms. The molecule has 0 amide bonds. The molecule has 0 radical (unpaired) electrons. The lowest BCUT2D eigenvalue weighted by Crippen LogP contribution is -2.02. The van der Waals surface area contributed by atoms with Crippen molar-refractivity contribution >= 4 is 28.6 Å². The number of carbonyl (C=O) groups is 1. The molecule has 1 aromatic carbocycles. The minimum atomic E-state index is -0.836. The van der Waals surface area contributed by atoms with Crippen LogP contribution in [-0.2, 0) is 6.42 Å². The van der Waals surface area contributed by atoms with Crippen LogP contribution in [0.5, 0.6) is 0 Å². The summed E-state index contributed by atoms with van der Waals surface area (Å²) < 4.78 is 0.888. The maximum Gasteiger partial charge on any atom is 0.336 e. The molecule has 1 rings (SSSR count). The van der Waals surface area contributed by atoms with Gasteiger partial charge in [0.1, 0.15) is 0 Å². The first-order valence-corrected chi connectivity index (χ1v) is 6.25. The van der Waals surface area contributed by atoms with Crippen LogP contribution >= 0.6 is 22.6 Å². The van der Waals surface area contributed by atoms with Crippen molar-refractivity contribution in [1.82, 2.24) is 0 Å². The molecule has 0 aliphatic rings. The first-order chi connectivity index (χ1) is 7.16. The van der Waals surface area contributed by atoms with E-state index in [9.17, 15) is 4.79 Å². The van der Waals surface area contributed by atoms with Crippen LogP contribution in [0, 0.1) is 3.57 Å². The number of hydrogen-bond acceptors (Lipinski definition) is 1. The molecule has 82 valence electrons. The zero-order valence-corrected chi connectivity index (χ0v) is 11.0. The predicted molar refractivity (Wildman–Crippen MR) is 69.3 cm³/mol. The first-order valence-electron chi connectivity index (χ1n) is 5.17. The average Bonchev–Trinajstić information content (AvgIpc) is 2.20. The van der Waals surface area contributed by atoms with Gasteiger partial charge in [-0.1, -0.05) is 31.9 Å². The van der Waals surface area contributed by atoms with Crippen molar-refractivity contribution < 1.29 is 9.90 Å². The Kier molecular flexibility index (Phi) is 5.08. The van der Waals surface area contributed by atoms with Crippen LogP contribution in [0.15, 0.2) is 18.2 Å². The average molecular weight is 318 g/mol. The lowest BCUT2D eigenvalue weighted by molar-refractivity contribution is 0.0695. The Balaban J connectivity index is 2.80. The van der Waals surface area contributed by atoms with Crippen LogP contribution in [0.4, 0.5) is 0 Å². The number of hydrogen-bond donors (Lipinski definition) is 1. The molecule has 0 spiro atoms. The van der Waals surface area contributed by atoms with E-state index in [2.05, 4.69) is 29.5 Å². The molecule has 15 heavy (non-hydrogen) atoms. The Hall–Kier alpha value is -0.580. The molecule has 0 unspecified atom stereocenters. The van der Waals surface area contributed by atoms with Crippen molar-refractivity contribution in [3.8, 4) is 0 Å². The molecule has 0 atom stereocenters. The van der Waals surface area contributed by atoms with Crippen LogP contribution in [0.25, 0.3) is 0 Å². The second-order valence-electron chi connectivity index (χ2n) is 3.54. The Morgan fingerprint density at radius 2 is 2.13 bits per heavy atom. The first kappa shape index (κ1) is 12.5. The number of halogens is 1. The van der Waals surface area contributed by atoms with E-state index < -0.39 is 5.97 Å². The number of carboxylic acids is 1. The number of carboxylic acid groups (broad SMARTS) is 1. The molecule has 0 aromatic heterocycles. The van der Waals surface area contributed by atoms with Gasteiger partial charge >= 0.3 is 5.97 Å². The smallest absolute Gasteiger partial charge is 0.336 e. The van der Waals surface area contributed by atoms with Gasteiger partial charge in [0.15, 0.2) is 0 Å². The van der Waals surface area contributed by atoms with E-state index in [1.54, 1.807) is 6.07 Å². The minimum absolute atomic E-state index is 0.421.